The molecule has 3 unspecified atom stereocenters. The Morgan fingerprint density at radius 3 is 1.96 bits per heavy atom. The highest BCUT2D eigenvalue weighted by molar-refractivity contribution is 5.92. The van der Waals surface area contributed by atoms with Gasteiger partial charge in [0.25, 0.3) is 0 Å². The molecule has 0 aromatic heterocycles. The first-order valence-electron chi connectivity index (χ1n) is 8.41. The minimum atomic E-state index is -1.29. The van der Waals surface area contributed by atoms with Crippen molar-refractivity contribution in [3.63, 3.8) is 0 Å². The molecular weight excluding hydrogens is 348 g/mol. The third kappa shape index (κ3) is 3.57. The van der Waals surface area contributed by atoms with Crippen LogP contribution in [0.15, 0.2) is 72.0 Å². The summed E-state index contributed by atoms with van der Waals surface area (Å²) in [5.41, 5.74) is 1.05. The second-order valence-electron chi connectivity index (χ2n) is 6.03. The molecule has 3 rings (SSSR count). The van der Waals surface area contributed by atoms with Crippen molar-refractivity contribution in [2.45, 2.75) is 12.2 Å². The molecule has 0 saturated heterocycles. The second-order valence-corrected chi connectivity index (χ2v) is 6.03. The lowest BCUT2D eigenvalue weighted by molar-refractivity contribution is -0.327. The van der Waals surface area contributed by atoms with Crippen LogP contribution in [-0.4, -0.2) is 26.2 Å². The van der Waals surface area contributed by atoms with Crippen LogP contribution in [0.3, 0.4) is 0 Å². The zero-order valence-electron chi connectivity index (χ0n) is 15.0. The summed E-state index contributed by atoms with van der Waals surface area (Å²) < 4.78 is 15.7. The van der Waals surface area contributed by atoms with E-state index >= 15 is 0 Å². The van der Waals surface area contributed by atoms with Gasteiger partial charge in [0.05, 0.1) is 25.7 Å². The van der Waals surface area contributed by atoms with Gasteiger partial charge in [-0.2, -0.15) is 0 Å². The van der Waals surface area contributed by atoms with E-state index in [4.69, 9.17) is 14.2 Å². The van der Waals surface area contributed by atoms with Crippen LogP contribution in [0, 0.1) is 5.92 Å². The third-order valence-electron chi connectivity index (χ3n) is 4.49. The number of methoxy groups -OCH3 is 2. The van der Waals surface area contributed by atoms with Crippen LogP contribution in [0.1, 0.15) is 23.3 Å². The molecule has 6 nitrogen and oxygen atoms in total. The van der Waals surface area contributed by atoms with Crippen LogP contribution in [-0.2, 0) is 23.8 Å². The fourth-order valence-corrected chi connectivity index (χ4v) is 3.19. The normalized spacial score (nSPS) is 22.2. The monoisotopic (exact) mass is 367 g/mol. The predicted molar refractivity (Wildman–Crippen MR) is 94.0 cm³/mol. The molecule has 6 heteroatoms. The summed E-state index contributed by atoms with van der Waals surface area (Å²) >= 11 is 0. The van der Waals surface area contributed by atoms with Gasteiger partial charge in [-0.15, -0.1) is 5.76 Å². The number of carbonyl (C=O) groups excluding carboxylic acids is 2. The summed E-state index contributed by atoms with van der Waals surface area (Å²) in [6.45, 7) is 0. The van der Waals surface area contributed by atoms with E-state index in [0.29, 0.717) is 11.1 Å². The van der Waals surface area contributed by atoms with Gasteiger partial charge in [-0.3, -0.25) is 4.79 Å². The van der Waals surface area contributed by atoms with Gasteiger partial charge < -0.3 is 19.3 Å². The number of carbonyl (C=O) groups is 2. The van der Waals surface area contributed by atoms with E-state index in [1.54, 1.807) is 48.5 Å². The van der Waals surface area contributed by atoms with Crippen molar-refractivity contribution in [3.8, 4) is 0 Å². The van der Waals surface area contributed by atoms with E-state index < -0.39 is 35.8 Å². The molecule has 1 aliphatic heterocycles. The van der Waals surface area contributed by atoms with Gasteiger partial charge in [0.1, 0.15) is 12.2 Å². The Bertz CT molecular complexity index is 843. The Morgan fingerprint density at radius 2 is 1.44 bits per heavy atom. The van der Waals surface area contributed by atoms with Crippen LogP contribution in [0.4, 0.5) is 0 Å². The SMILES string of the molecule is COC(=O)C1=C([O-])C(C(=O)OC)C(c2ccccc2)OC1c1ccccc1. The smallest absolute Gasteiger partial charge is 0.335 e. The van der Waals surface area contributed by atoms with Gasteiger partial charge in [0, 0.05) is 0 Å². The molecule has 0 amide bonds. The average molecular weight is 367 g/mol. The van der Waals surface area contributed by atoms with Gasteiger partial charge in [-0.05, 0) is 11.1 Å². The molecule has 1 aliphatic rings. The number of benzene rings is 2. The van der Waals surface area contributed by atoms with Crippen molar-refractivity contribution in [2.24, 2.45) is 5.92 Å². The maximum Gasteiger partial charge on any atom is 0.335 e. The van der Waals surface area contributed by atoms with E-state index in [1.165, 1.54) is 14.2 Å². The van der Waals surface area contributed by atoms with E-state index in [1.807, 2.05) is 12.1 Å². The summed E-state index contributed by atoms with van der Waals surface area (Å²) in [4.78, 5) is 24.7. The van der Waals surface area contributed by atoms with Crippen molar-refractivity contribution in [1.29, 1.82) is 0 Å². The summed E-state index contributed by atoms with van der Waals surface area (Å²) in [6, 6.07) is 17.8. The third-order valence-corrected chi connectivity index (χ3v) is 4.49. The maximum absolute atomic E-state index is 13.2. The van der Waals surface area contributed by atoms with Gasteiger partial charge >= 0.3 is 11.9 Å². The standard InChI is InChI=1S/C21H20O6/c1-25-20(23)15-17(22)16(21(24)26-2)19(14-11-7-4-8-12-14)27-18(15)13-9-5-3-6-10-13/h3-12,15,18-19,22H,1-2H3/p-1. The first-order valence-corrected chi connectivity index (χ1v) is 8.41. The number of rotatable bonds is 4. The first-order chi connectivity index (χ1) is 13.1. The average Bonchev–Trinajstić information content (AvgIpc) is 2.73. The molecule has 0 saturated carbocycles. The summed E-state index contributed by atoms with van der Waals surface area (Å²) in [5.74, 6) is -3.52. The van der Waals surface area contributed by atoms with Crippen LogP contribution >= 0.6 is 0 Å². The van der Waals surface area contributed by atoms with Crippen molar-refractivity contribution in [3.05, 3.63) is 83.1 Å². The molecule has 0 spiro atoms. The summed E-state index contributed by atoms with van der Waals surface area (Å²) in [6.07, 6.45) is -1.83. The Hall–Kier alpha value is -3.12. The molecule has 0 bridgehead atoms. The van der Waals surface area contributed by atoms with Gasteiger partial charge in [0.15, 0.2) is 0 Å². The molecule has 3 atom stereocenters. The highest BCUT2D eigenvalue weighted by atomic mass is 16.5. The lowest BCUT2D eigenvalue weighted by atomic mass is 9.85. The van der Waals surface area contributed by atoms with E-state index in [-0.39, 0.29) is 5.57 Å². The van der Waals surface area contributed by atoms with Crippen molar-refractivity contribution in [1.82, 2.24) is 0 Å². The van der Waals surface area contributed by atoms with E-state index in [9.17, 15) is 14.7 Å². The molecule has 140 valence electrons. The zero-order chi connectivity index (χ0) is 19.4. The van der Waals surface area contributed by atoms with Crippen LogP contribution in [0.25, 0.3) is 0 Å². The molecule has 27 heavy (non-hydrogen) atoms. The fraction of sp³-hybridized carbons (Fsp3) is 0.238. The summed E-state index contributed by atoms with van der Waals surface area (Å²) in [5, 5.41) is 13.2. The molecule has 0 fully saturated rings. The van der Waals surface area contributed by atoms with Gasteiger partial charge in [-0.1, -0.05) is 60.7 Å². The molecule has 1 heterocycles. The van der Waals surface area contributed by atoms with Crippen molar-refractivity contribution >= 4 is 11.9 Å². The molecule has 0 radical (unpaired) electrons. The van der Waals surface area contributed by atoms with E-state index in [0.717, 1.165) is 0 Å². The minimum Gasteiger partial charge on any atom is -0.874 e. The van der Waals surface area contributed by atoms with Crippen LogP contribution in [0.5, 0.6) is 0 Å². The Balaban J connectivity index is 2.18. The highest BCUT2D eigenvalue weighted by Gasteiger charge is 2.42. The molecule has 0 N–H and O–H groups in total. The van der Waals surface area contributed by atoms with Crippen molar-refractivity contribution in [2.75, 3.05) is 14.2 Å². The predicted octanol–water partition coefficient (Wildman–Crippen LogP) is 2.08. The second kappa shape index (κ2) is 8.05. The molecule has 2 aromatic rings. The number of esters is 2. The zero-order valence-corrected chi connectivity index (χ0v) is 15.0. The lowest BCUT2D eigenvalue weighted by Gasteiger charge is -2.40. The maximum atomic E-state index is 13.2. The Morgan fingerprint density at radius 1 is 0.889 bits per heavy atom. The molecule has 0 aliphatic carbocycles. The number of hydrogen-bond donors (Lipinski definition) is 0. The lowest BCUT2D eigenvalue weighted by Crippen LogP contribution is -2.40. The van der Waals surface area contributed by atoms with Gasteiger partial charge in [-0.25, -0.2) is 4.79 Å². The van der Waals surface area contributed by atoms with E-state index in [2.05, 4.69) is 0 Å². The van der Waals surface area contributed by atoms with Crippen molar-refractivity contribution < 1.29 is 28.9 Å². The number of hydrogen-bond acceptors (Lipinski definition) is 6. The first kappa shape index (κ1) is 18.7. The topological polar surface area (TPSA) is 84.9 Å². The Kier molecular flexibility index (Phi) is 5.57. The van der Waals surface area contributed by atoms with Crippen LogP contribution in [0.2, 0.25) is 0 Å². The fourth-order valence-electron chi connectivity index (χ4n) is 3.19. The molecular formula is C21H19O6-. The minimum absolute atomic E-state index is 0.216. The Labute approximate surface area is 157 Å². The molecule has 2 aromatic carbocycles. The van der Waals surface area contributed by atoms with Gasteiger partial charge in [0.2, 0.25) is 0 Å². The quantitative estimate of drug-likeness (QED) is 0.769. The van der Waals surface area contributed by atoms with Crippen LogP contribution < -0.4 is 5.11 Å². The summed E-state index contributed by atoms with van der Waals surface area (Å²) in [7, 11) is 2.37. The highest BCUT2D eigenvalue weighted by Crippen LogP contribution is 2.44. The largest absolute Gasteiger partial charge is 0.874 e. The number of ether oxygens (including phenoxy) is 3.